The Hall–Kier alpha value is -0.930. The first kappa shape index (κ1) is 12.5. The van der Waals surface area contributed by atoms with Crippen LogP contribution >= 0.6 is 0 Å². The smallest absolute Gasteiger partial charge is 0.0613 e. The second kappa shape index (κ2) is 6.12. The Kier molecular flexibility index (Phi) is 4.51. The summed E-state index contributed by atoms with van der Waals surface area (Å²) in [5, 5.41) is 3.51. The number of aryl methyl sites for hydroxylation is 1. The Bertz CT molecular complexity index is 354. The predicted octanol–water partition coefficient (Wildman–Crippen LogP) is 2.29. The molecule has 2 atom stereocenters. The standard InChI is InChI=1S/C14H22N2O/c1-3-14-12(6-8-17-14)9-15-10-13-11(2)5-4-7-16-13/h4-5,7,12,14-15H,3,6,8-10H2,1-2H3. The van der Waals surface area contributed by atoms with Crippen molar-refractivity contribution in [3.8, 4) is 0 Å². The maximum absolute atomic E-state index is 5.69. The van der Waals surface area contributed by atoms with E-state index in [1.165, 1.54) is 12.0 Å². The van der Waals surface area contributed by atoms with Crippen LogP contribution in [0, 0.1) is 12.8 Å². The molecule has 0 bridgehead atoms. The summed E-state index contributed by atoms with van der Waals surface area (Å²) in [6.07, 6.45) is 4.62. The lowest BCUT2D eigenvalue weighted by Crippen LogP contribution is -2.28. The van der Waals surface area contributed by atoms with Crippen LogP contribution in [-0.4, -0.2) is 24.2 Å². The molecule has 3 nitrogen and oxygen atoms in total. The van der Waals surface area contributed by atoms with Gasteiger partial charge in [0.05, 0.1) is 11.8 Å². The van der Waals surface area contributed by atoms with Crippen molar-refractivity contribution >= 4 is 0 Å². The molecule has 0 aliphatic carbocycles. The van der Waals surface area contributed by atoms with Crippen LogP contribution in [0.1, 0.15) is 31.0 Å². The summed E-state index contributed by atoms with van der Waals surface area (Å²) in [5.41, 5.74) is 2.41. The van der Waals surface area contributed by atoms with Crippen molar-refractivity contribution in [1.82, 2.24) is 10.3 Å². The van der Waals surface area contributed by atoms with Crippen LogP contribution in [0.25, 0.3) is 0 Å². The summed E-state index contributed by atoms with van der Waals surface area (Å²) in [7, 11) is 0. The highest BCUT2D eigenvalue weighted by Crippen LogP contribution is 2.22. The highest BCUT2D eigenvalue weighted by Gasteiger charge is 2.25. The van der Waals surface area contributed by atoms with Gasteiger partial charge in [-0.25, -0.2) is 0 Å². The van der Waals surface area contributed by atoms with Crippen molar-refractivity contribution in [2.24, 2.45) is 5.92 Å². The van der Waals surface area contributed by atoms with Gasteiger partial charge in [-0.15, -0.1) is 0 Å². The minimum Gasteiger partial charge on any atom is -0.378 e. The third kappa shape index (κ3) is 3.27. The molecule has 1 N–H and O–H groups in total. The van der Waals surface area contributed by atoms with Gasteiger partial charge in [0.1, 0.15) is 0 Å². The van der Waals surface area contributed by atoms with Crippen molar-refractivity contribution < 1.29 is 4.74 Å². The van der Waals surface area contributed by atoms with Crippen molar-refractivity contribution in [3.63, 3.8) is 0 Å². The Balaban J connectivity index is 1.78. The van der Waals surface area contributed by atoms with Crippen LogP contribution in [-0.2, 0) is 11.3 Å². The van der Waals surface area contributed by atoms with E-state index in [1.807, 2.05) is 12.3 Å². The number of hydrogen-bond acceptors (Lipinski definition) is 3. The zero-order valence-electron chi connectivity index (χ0n) is 10.8. The fourth-order valence-corrected chi connectivity index (χ4v) is 2.46. The molecule has 1 aliphatic rings. The molecule has 1 saturated heterocycles. The number of nitrogens with zero attached hydrogens (tertiary/aromatic N) is 1. The molecule has 3 heteroatoms. The van der Waals surface area contributed by atoms with Gasteiger partial charge in [-0.3, -0.25) is 4.98 Å². The van der Waals surface area contributed by atoms with Crippen LogP contribution in [0.2, 0.25) is 0 Å². The molecule has 0 amide bonds. The van der Waals surface area contributed by atoms with Gasteiger partial charge >= 0.3 is 0 Å². The number of rotatable bonds is 5. The molecule has 0 spiro atoms. The van der Waals surface area contributed by atoms with Gasteiger partial charge in [-0.05, 0) is 37.3 Å². The highest BCUT2D eigenvalue weighted by molar-refractivity contribution is 5.17. The van der Waals surface area contributed by atoms with Crippen LogP contribution in [0.4, 0.5) is 0 Å². The maximum atomic E-state index is 5.69. The number of ether oxygens (including phenoxy) is 1. The first-order valence-corrected chi connectivity index (χ1v) is 6.54. The Labute approximate surface area is 104 Å². The molecule has 2 heterocycles. The molecule has 17 heavy (non-hydrogen) atoms. The number of pyridine rings is 1. The Morgan fingerprint density at radius 2 is 2.41 bits per heavy atom. The molecule has 0 aromatic carbocycles. The summed E-state index contributed by atoms with van der Waals surface area (Å²) in [6.45, 7) is 7.13. The summed E-state index contributed by atoms with van der Waals surface area (Å²) >= 11 is 0. The van der Waals surface area contributed by atoms with Crippen LogP contribution in [0.5, 0.6) is 0 Å². The normalized spacial score (nSPS) is 24.1. The predicted molar refractivity (Wildman–Crippen MR) is 68.8 cm³/mol. The molecule has 1 fully saturated rings. The molecule has 2 rings (SSSR count). The molecule has 1 aliphatic heterocycles. The lowest BCUT2D eigenvalue weighted by Gasteiger charge is -2.17. The SMILES string of the molecule is CCC1OCCC1CNCc1ncccc1C. The second-order valence-corrected chi connectivity index (χ2v) is 4.76. The summed E-state index contributed by atoms with van der Waals surface area (Å²) < 4.78 is 5.69. The summed E-state index contributed by atoms with van der Waals surface area (Å²) in [5.74, 6) is 0.670. The number of hydrogen-bond donors (Lipinski definition) is 1. The van der Waals surface area contributed by atoms with Gasteiger partial charge in [0.25, 0.3) is 0 Å². The quantitative estimate of drug-likeness (QED) is 0.849. The van der Waals surface area contributed by atoms with E-state index in [1.54, 1.807) is 0 Å². The van der Waals surface area contributed by atoms with Gasteiger partial charge in [0, 0.05) is 25.9 Å². The molecule has 1 aromatic heterocycles. The van der Waals surface area contributed by atoms with Crippen molar-refractivity contribution in [3.05, 3.63) is 29.6 Å². The third-order valence-corrected chi connectivity index (χ3v) is 3.57. The van der Waals surface area contributed by atoms with E-state index in [9.17, 15) is 0 Å². The van der Waals surface area contributed by atoms with E-state index in [2.05, 4.69) is 30.2 Å². The fraction of sp³-hybridized carbons (Fsp3) is 0.643. The second-order valence-electron chi connectivity index (χ2n) is 4.76. The molecule has 0 radical (unpaired) electrons. The van der Waals surface area contributed by atoms with Crippen LogP contribution < -0.4 is 5.32 Å². The number of aromatic nitrogens is 1. The van der Waals surface area contributed by atoms with E-state index in [0.717, 1.165) is 31.8 Å². The fourth-order valence-electron chi connectivity index (χ4n) is 2.46. The minimum atomic E-state index is 0.451. The molecule has 0 saturated carbocycles. The first-order valence-electron chi connectivity index (χ1n) is 6.54. The van der Waals surface area contributed by atoms with Gasteiger partial charge in [0.15, 0.2) is 0 Å². The average molecular weight is 234 g/mol. The lowest BCUT2D eigenvalue weighted by atomic mass is 10.00. The van der Waals surface area contributed by atoms with Gasteiger partial charge in [-0.1, -0.05) is 13.0 Å². The van der Waals surface area contributed by atoms with Gasteiger partial charge in [-0.2, -0.15) is 0 Å². The zero-order valence-corrected chi connectivity index (χ0v) is 10.8. The van der Waals surface area contributed by atoms with Crippen molar-refractivity contribution in [2.75, 3.05) is 13.2 Å². The topological polar surface area (TPSA) is 34.1 Å². The molecular weight excluding hydrogens is 212 g/mol. The van der Waals surface area contributed by atoms with Crippen molar-refractivity contribution in [1.29, 1.82) is 0 Å². The van der Waals surface area contributed by atoms with Crippen molar-refractivity contribution in [2.45, 2.75) is 39.3 Å². The summed E-state index contributed by atoms with van der Waals surface area (Å²) in [4.78, 5) is 4.39. The van der Waals surface area contributed by atoms with E-state index < -0.39 is 0 Å². The zero-order chi connectivity index (χ0) is 12.1. The van der Waals surface area contributed by atoms with Gasteiger partial charge in [0.2, 0.25) is 0 Å². The van der Waals surface area contributed by atoms with E-state index in [0.29, 0.717) is 12.0 Å². The largest absolute Gasteiger partial charge is 0.378 e. The molecule has 1 aromatic rings. The van der Waals surface area contributed by atoms with Gasteiger partial charge < -0.3 is 10.1 Å². The molecular formula is C14H22N2O. The monoisotopic (exact) mass is 234 g/mol. The van der Waals surface area contributed by atoms with Crippen LogP contribution in [0.3, 0.4) is 0 Å². The van der Waals surface area contributed by atoms with E-state index in [-0.39, 0.29) is 0 Å². The Morgan fingerprint density at radius 3 is 3.18 bits per heavy atom. The number of nitrogens with one attached hydrogen (secondary N) is 1. The Morgan fingerprint density at radius 1 is 1.53 bits per heavy atom. The summed E-state index contributed by atoms with van der Waals surface area (Å²) in [6, 6.07) is 4.09. The first-order chi connectivity index (χ1) is 8.31. The average Bonchev–Trinajstić information content (AvgIpc) is 2.79. The van der Waals surface area contributed by atoms with Crippen LogP contribution in [0.15, 0.2) is 18.3 Å². The van der Waals surface area contributed by atoms with E-state index >= 15 is 0 Å². The molecule has 2 unspecified atom stereocenters. The minimum absolute atomic E-state index is 0.451. The maximum Gasteiger partial charge on any atom is 0.0613 e. The third-order valence-electron chi connectivity index (χ3n) is 3.57. The lowest BCUT2D eigenvalue weighted by molar-refractivity contribution is 0.0872. The van der Waals surface area contributed by atoms with E-state index in [4.69, 9.17) is 4.74 Å². The highest BCUT2D eigenvalue weighted by atomic mass is 16.5. The molecule has 94 valence electrons.